The molecule has 0 spiro atoms. The molecule has 1 N–H and O–H groups in total. The van der Waals surface area contributed by atoms with E-state index < -0.39 is 0 Å². The normalized spacial score (nSPS) is 10.2. The third kappa shape index (κ3) is 1.94. The van der Waals surface area contributed by atoms with Crippen molar-refractivity contribution in [2.45, 2.75) is 0 Å². The van der Waals surface area contributed by atoms with Crippen LogP contribution in [0.2, 0.25) is 0 Å². The SMILES string of the molecule is CSNC(=O)c1nccc2ccccc12. The van der Waals surface area contributed by atoms with Gasteiger partial charge in [0.1, 0.15) is 5.69 Å². The van der Waals surface area contributed by atoms with Gasteiger partial charge in [0.05, 0.1) is 0 Å². The number of nitrogens with zero attached hydrogens (tertiary/aromatic N) is 1. The minimum Gasteiger partial charge on any atom is -0.295 e. The maximum atomic E-state index is 11.7. The highest BCUT2D eigenvalue weighted by Crippen LogP contribution is 2.16. The van der Waals surface area contributed by atoms with Crippen LogP contribution in [0.25, 0.3) is 10.8 Å². The highest BCUT2D eigenvalue weighted by Gasteiger charge is 2.09. The van der Waals surface area contributed by atoms with Gasteiger partial charge in [-0.15, -0.1) is 0 Å². The summed E-state index contributed by atoms with van der Waals surface area (Å²) in [6, 6.07) is 9.61. The lowest BCUT2D eigenvalue weighted by atomic mass is 10.1. The quantitative estimate of drug-likeness (QED) is 0.786. The van der Waals surface area contributed by atoms with E-state index in [4.69, 9.17) is 0 Å². The van der Waals surface area contributed by atoms with Crippen molar-refractivity contribution in [2.75, 3.05) is 6.26 Å². The molecule has 0 aliphatic heterocycles. The first-order valence-corrected chi connectivity index (χ1v) is 5.72. The zero-order chi connectivity index (χ0) is 10.7. The van der Waals surface area contributed by atoms with E-state index in [-0.39, 0.29) is 5.91 Å². The zero-order valence-corrected chi connectivity index (χ0v) is 9.04. The first-order valence-electron chi connectivity index (χ1n) is 4.50. The Morgan fingerprint density at radius 1 is 1.33 bits per heavy atom. The van der Waals surface area contributed by atoms with Gasteiger partial charge in [0.25, 0.3) is 5.91 Å². The molecule has 0 unspecified atom stereocenters. The third-order valence-corrected chi connectivity index (χ3v) is 2.47. The van der Waals surface area contributed by atoms with E-state index in [0.717, 1.165) is 10.8 Å². The van der Waals surface area contributed by atoms with Crippen LogP contribution in [0.3, 0.4) is 0 Å². The molecular formula is C11H10N2OS. The molecule has 3 nitrogen and oxygen atoms in total. The van der Waals surface area contributed by atoms with Gasteiger partial charge in [0.2, 0.25) is 0 Å². The zero-order valence-electron chi connectivity index (χ0n) is 8.23. The van der Waals surface area contributed by atoms with Gasteiger partial charge in [-0.1, -0.05) is 36.2 Å². The van der Waals surface area contributed by atoms with E-state index in [1.54, 1.807) is 6.20 Å². The summed E-state index contributed by atoms with van der Waals surface area (Å²) >= 11 is 1.27. The van der Waals surface area contributed by atoms with E-state index in [9.17, 15) is 4.79 Å². The summed E-state index contributed by atoms with van der Waals surface area (Å²) in [6.07, 6.45) is 3.46. The van der Waals surface area contributed by atoms with Crippen LogP contribution >= 0.6 is 11.9 Å². The molecule has 0 aliphatic carbocycles. The summed E-state index contributed by atoms with van der Waals surface area (Å²) < 4.78 is 2.67. The Labute approximate surface area is 92.0 Å². The second-order valence-corrected chi connectivity index (χ2v) is 3.63. The predicted molar refractivity (Wildman–Crippen MR) is 62.7 cm³/mol. The van der Waals surface area contributed by atoms with Crippen LogP contribution in [0.5, 0.6) is 0 Å². The van der Waals surface area contributed by atoms with Gasteiger partial charge in [-0.2, -0.15) is 0 Å². The van der Waals surface area contributed by atoms with Crippen molar-refractivity contribution >= 4 is 28.6 Å². The van der Waals surface area contributed by atoms with E-state index in [2.05, 4.69) is 9.71 Å². The monoisotopic (exact) mass is 218 g/mol. The molecule has 4 heteroatoms. The number of amides is 1. The molecule has 0 bridgehead atoms. The molecule has 76 valence electrons. The Hall–Kier alpha value is -1.55. The Morgan fingerprint density at radius 2 is 2.13 bits per heavy atom. The van der Waals surface area contributed by atoms with Crippen LogP contribution in [0.15, 0.2) is 36.5 Å². The first kappa shape index (κ1) is 9.98. The van der Waals surface area contributed by atoms with E-state index in [0.29, 0.717) is 5.69 Å². The fraction of sp³-hybridized carbons (Fsp3) is 0.0909. The number of nitrogens with one attached hydrogen (secondary N) is 1. The second kappa shape index (κ2) is 4.31. The van der Waals surface area contributed by atoms with Gasteiger partial charge in [-0.3, -0.25) is 14.5 Å². The molecule has 1 aromatic heterocycles. The topological polar surface area (TPSA) is 42.0 Å². The molecular weight excluding hydrogens is 208 g/mol. The maximum Gasteiger partial charge on any atom is 0.280 e. The van der Waals surface area contributed by atoms with Crippen LogP contribution in [0.4, 0.5) is 0 Å². The van der Waals surface area contributed by atoms with Crippen molar-refractivity contribution in [3.63, 3.8) is 0 Å². The molecule has 0 radical (unpaired) electrons. The van der Waals surface area contributed by atoms with Crippen molar-refractivity contribution < 1.29 is 4.79 Å². The van der Waals surface area contributed by atoms with Gasteiger partial charge in [-0.05, 0) is 11.5 Å². The number of benzene rings is 1. The molecule has 0 saturated heterocycles. The molecule has 0 saturated carbocycles. The smallest absolute Gasteiger partial charge is 0.280 e. The summed E-state index contributed by atoms with van der Waals surface area (Å²) in [6.45, 7) is 0. The molecule has 0 atom stereocenters. The highest BCUT2D eigenvalue weighted by atomic mass is 32.2. The number of fused-ring (bicyclic) bond motifs is 1. The largest absolute Gasteiger partial charge is 0.295 e. The molecule has 15 heavy (non-hydrogen) atoms. The Bertz CT molecular complexity index is 493. The predicted octanol–water partition coefficient (Wildman–Crippen LogP) is 2.24. The molecule has 2 rings (SSSR count). The molecule has 1 aromatic carbocycles. The van der Waals surface area contributed by atoms with Gasteiger partial charge in [0.15, 0.2) is 0 Å². The molecule has 1 amide bonds. The van der Waals surface area contributed by atoms with Crippen LogP contribution < -0.4 is 4.72 Å². The molecule has 2 aromatic rings. The average Bonchev–Trinajstić information content (AvgIpc) is 2.28. The van der Waals surface area contributed by atoms with Crippen molar-refractivity contribution in [1.29, 1.82) is 0 Å². The molecule has 1 heterocycles. The van der Waals surface area contributed by atoms with Crippen LogP contribution in [-0.2, 0) is 0 Å². The minimum atomic E-state index is -0.153. The molecule has 0 fully saturated rings. The van der Waals surface area contributed by atoms with Crippen molar-refractivity contribution in [2.24, 2.45) is 0 Å². The number of carbonyl (C=O) groups is 1. The highest BCUT2D eigenvalue weighted by molar-refractivity contribution is 7.97. The van der Waals surface area contributed by atoms with Crippen LogP contribution in [0.1, 0.15) is 10.5 Å². The van der Waals surface area contributed by atoms with Gasteiger partial charge >= 0.3 is 0 Å². The van der Waals surface area contributed by atoms with Crippen molar-refractivity contribution in [1.82, 2.24) is 9.71 Å². The Kier molecular flexibility index (Phi) is 2.87. The minimum absolute atomic E-state index is 0.153. The first-order chi connectivity index (χ1) is 7.33. The lowest BCUT2D eigenvalue weighted by molar-refractivity contribution is 0.0981. The Morgan fingerprint density at radius 3 is 2.93 bits per heavy atom. The number of rotatable bonds is 2. The van der Waals surface area contributed by atoms with Gasteiger partial charge < -0.3 is 0 Å². The lowest BCUT2D eigenvalue weighted by Gasteiger charge is -2.04. The average molecular weight is 218 g/mol. The summed E-state index contributed by atoms with van der Waals surface area (Å²) in [4.78, 5) is 15.8. The second-order valence-electron chi connectivity index (χ2n) is 3.02. The summed E-state index contributed by atoms with van der Waals surface area (Å²) in [5.74, 6) is -0.153. The fourth-order valence-electron chi connectivity index (χ4n) is 1.44. The van der Waals surface area contributed by atoms with Gasteiger partial charge in [0, 0.05) is 17.8 Å². The summed E-state index contributed by atoms with van der Waals surface area (Å²) in [5.41, 5.74) is 0.474. The standard InChI is InChI=1S/C11H10N2OS/c1-15-13-11(14)10-9-5-3-2-4-8(9)6-7-12-10/h2-7H,1H3,(H,13,14). The van der Waals surface area contributed by atoms with Crippen molar-refractivity contribution in [3.05, 3.63) is 42.2 Å². The number of pyridine rings is 1. The number of hydrogen-bond acceptors (Lipinski definition) is 3. The van der Waals surface area contributed by atoms with Gasteiger partial charge in [-0.25, -0.2) is 0 Å². The third-order valence-electron chi connectivity index (χ3n) is 2.08. The maximum absolute atomic E-state index is 11.7. The molecule has 0 aliphatic rings. The van der Waals surface area contributed by atoms with Crippen LogP contribution in [-0.4, -0.2) is 17.1 Å². The van der Waals surface area contributed by atoms with E-state index in [1.807, 2.05) is 36.6 Å². The van der Waals surface area contributed by atoms with E-state index >= 15 is 0 Å². The fourth-order valence-corrected chi connectivity index (χ4v) is 1.72. The summed E-state index contributed by atoms with van der Waals surface area (Å²) in [5, 5.41) is 1.91. The van der Waals surface area contributed by atoms with Crippen molar-refractivity contribution in [3.8, 4) is 0 Å². The lowest BCUT2D eigenvalue weighted by Crippen LogP contribution is -2.16. The van der Waals surface area contributed by atoms with E-state index in [1.165, 1.54) is 11.9 Å². The summed E-state index contributed by atoms with van der Waals surface area (Å²) in [7, 11) is 0. The van der Waals surface area contributed by atoms with Crippen LogP contribution in [0, 0.1) is 0 Å². The number of aromatic nitrogens is 1. The Balaban J connectivity index is 2.56. The number of hydrogen-bond donors (Lipinski definition) is 1. The number of carbonyl (C=O) groups excluding carboxylic acids is 1.